The van der Waals surface area contributed by atoms with Crippen LogP contribution >= 0.6 is 11.3 Å². The molecule has 0 aliphatic carbocycles. The minimum Gasteiger partial charge on any atom is -0.384 e. The molecule has 0 fully saturated rings. The summed E-state index contributed by atoms with van der Waals surface area (Å²) in [6.45, 7) is 2.01. The Bertz CT molecular complexity index is 963. The molecule has 1 amide bonds. The first-order valence-electron chi connectivity index (χ1n) is 7.91. The number of nitrogens with two attached hydrogens (primary N) is 1. The predicted octanol–water partition coefficient (Wildman–Crippen LogP) is 2.36. The zero-order valence-electron chi connectivity index (χ0n) is 14.1. The number of rotatable bonds is 6. The SMILES string of the molecule is COCCc1nc2sc(-c3ccccc3)cc2c(=O)n1C(C)C(N)=O. The summed E-state index contributed by atoms with van der Waals surface area (Å²) < 4.78 is 6.48. The van der Waals surface area contributed by atoms with Crippen molar-refractivity contribution in [1.29, 1.82) is 0 Å². The van der Waals surface area contributed by atoms with Crippen molar-refractivity contribution in [1.82, 2.24) is 9.55 Å². The molecule has 0 radical (unpaired) electrons. The minimum atomic E-state index is -0.767. The summed E-state index contributed by atoms with van der Waals surface area (Å²) in [5, 5.41) is 0.498. The number of benzene rings is 1. The Kier molecular flexibility index (Phi) is 4.96. The number of aromatic nitrogens is 2. The Labute approximate surface area is 148 Å². The van der Waals surface area contributed by atoms with Crippen LogP contribution in [0.15, 0.2) is 41.2 Å². The number of fused-ring (bicyclic) bond motifs is 1. The van der Waals surface area contributed by atoms with E-state index in [1.165, 1.54) is 15.9 Å². The zero-order valence-corrected chi connectivity index (χ0v) is 14.9. The van der Waals surface area contributed by atoms with Gasteiger partial charge in [0, 0.05) is 18.4 Å². The highest BCUT2D eigenvalue weighted by Gasteiger charge is 2.21. The molecule has 0 saturated heterocycles. The largest absolute Gasteiger partial charge is 0.384 e. The van der Waals surface area contributed by atoms with Gasteiger partial charge in [0.15, 0.2) is 0 Å². The summed E-state index contributed by atoms with van der Waals surface area (Å²) in [6.07, 6.45) is 0.428. The van der Waals surface area contributed by atoms with E-state index >= 15 is 0 Å². The molecule has 1 atom stereocenters. The fourth-order valence-corrected chi connectivity index (χ4v) is 3.72. The molecule has 1 aromatic carbocycles. The fraction of sp³-hybridized carbons (Fsp3) is 0.278. The van der Waals surface area contributed by atoms with Gasteiger partial charge in [-0.25, -0.2) is 4.98 Å². The summed E-state index contributed by atoms with van der Waals surface area (Å²) in [5.41, 5.74) is 6.20. The van der Waals surface area contributed by atoms with Crippen LogP contribution in [0.2, 0.25) is 0 Å². The number of methoxy groups -OCH3 is 1. The summed E-state index contributed by atoms with van der Waals surface area (Å²) in [4.78, 5) is 30.9. The Balaban J connectivity index is 2.21. The average Bonchev–Trinajstić information content (AvgIpc) is 3.04. The lowest BCUT2D eigenvalue weighted by molar-refractivity contribution is -0.120. The monoisotopic (exact) mass is 357 g/mol. The maximum atomic E-state index is 13.0. The van der Waals surface area contributed by atoms with Crippen LogP contribution in [-0.2, 0) is 16.0 Å². The van der Waals surface area contributed by atoms with Crippen molar-refractivity contribution in [3.8, 4) is 10.4 Å². The normalized spacial score (nSPS) is 12.4. The molecule has 3 aromatic rings. The molecule has 3 rings (SSSR count). The summed E-state index contributed by atoms with van der Waals surface area (Å²) in [5.74, 6) is -0.0625. The molecule has 25 heavy (non-hydrogen) atoms. The highest BCUT2D eigenvalue weighted by atomic mass is 32.1. The van der Waals surface area contributed by atoms with Gasteiger partial charge in [-0.15, -0.1) is 11.3 Å². The second-order valence-corrected chi connectivity index (χ2v) is 6.75. The number of hydrogen-bond donors (Lipinski definition) is 1. The Hall–Kier alpha value is -2.51. The predicted molar refractivity (Wildman–Crippen MR) is 98.8 cm³/mol. The van der Waals surface area contributed by atoms with Crippen molar-refractivity contribution in [2.24, 2.45) is 5.73 Å². The first-order valence-corrected chi connectivity index (χ1v) is 8.73. The highest BCUT2D eigenvalue weighted by Crippen LogP contribution is 2.31. The molecular formula is C18H19N3O3S. The summed E-state index contributed by atoms with van der Waals surface area (Å²) in [6, 6.07) is 10.9. The third-order valence-electron chi connectivity index (χ3n) is 4.06. The van der Waals surface area contributed by atoms with Gasteiger partial charge in [0.2, 0.25) is 5.91 Å². The molecule has 0 spiro atoms. The number of ether oxygens (including phenoxy) is 1. The van der Waals surface area contributed by atoms with Crippen molar-refractivity contribution in [3.05, 3.63) is 52.6 Å². The van der Waals surface area contributed by atoms with Gasteiger partial charge in [-0.3, -0.25) is 14.2 Å². The molecular weight excluding hydrogens is 338 g/mol. The first-order chi connectivity index (χ1) is 12.0. The van der Waals surface area contributed by atoms with E-state index in [4.69, 9.17) is 10.5 Å². The van der Waals surface area contributed by atoms with Gasteiger partial charge < -0.3 is 10.5 Å². The second-order valence-electron chi connectivity index (χ2n) is 5.72. The number of primary amides is 1. The van der Waals surface area contributed by atoms with Crippen LogP contribution in [0.3, 0.4) is 0 Å². The zero-order chi connectivity index (χ0) is 18.0. The van der Waals surface area contributed by atoms with Crippen LogP contribution in [0.1, 0.15) is 18.8 Å². The lowest BCUT2D eigenvalue weighted by atomic mass is 10.2. The lowest BCUT2D eigenvalue weighted by Crippen LogP contribution is -2.35. The van der Waals surface area contributed by atoms with Crippen LogP contribution in [0.4, 0.5) is 0 Å². The van der Waals surface area contributed by atoms with E-state index in [-0.39, 0.29) is 5.56 Å². The van der Waals surface area contributed by atoms with Crippen molar-refractivity contribution in [3.63, 3.8) is 0 Å². The van der Waals surface area contributed by atoms with Crippen LogP contribution in [0, 0.1) is 0 Å². The van der Waals surface area contributed by atoms with E-state index in [0.717, 1.165) is 10.4 Å². The highest BCUT2D eigenvalue weighted by molar-refractivity contribution is 7.21. The Morgan fingerprint density at radius 2 is 2.08 bits per heavy atom. The number of carbonyl (C=O) groups is 1. The molecule has 2 aromatic heterocycles. The van der Waals surface area contributed by atoms with E-state index in [9.17, 15) is 9.59 Å². The maximum absolute atomic E-state index is 13.0. The van der Waals surface area contributed by atoms with Crippen LogP contribution in [0.25, 0.3) is 20.7 Å². The molecule has 1 unspecified atom stereocenters. The van der Waals surface area contributed by atoms with E-state index in [2.05, 4.69) is 4.98 Å². The van der Waals surface area contributed by atoms with Crippen molar-refractivity contribution in [2.45, 2.75) is 19.4 Å². The van der Waals surface area contributed by atoms with Gasteiger partial charge in [0.05, 0.1) is 12.0 Å². The van der Waals surface area contributed by atoms with Crippen LogP contribution < -0.4 is 11.3 Å². The third-order valence-corrected chi connectivity index (χ3v) is 5.14. The van der Waals surface area contributed by atoms with Crippen molar-refractivity contribution in [2.75, 3.05) is 13.7 Å². The second kappa shape index (κ2) is 7.16. The minimum absolute atomic E-state index is 0.249. The lowest BCUT2D eigenvalue weighted by Gasteiger charge is -2.16. The summed E-state index contributed by atoms with van der Waals surface area (Å²) >= 11 is 1.46. The van der Waals surface area contributed by atoms with Gasteiger partial charge in [-0.05, 0) is 18.6 Å². The maximum Gasteiger partial charge on any atom is 0.263 e. The van der Waals surface area contributed by atoms with Crippen LogP contribution in [0.5, 0.6) is 0 Å². The Morgan fingerprint density at radius 1 is 1.36 bits per heavy atom. The molecule has 2 heterocycles. The molecule has 130 valence electrons. The fourth-order valence-electron chi connectivity index (χ4n) is 2.68. The molecule has 0 aliphatic heterocycles. The molecule has 0 saturated carbocycles. The van der Waals surface area contributed by atoms with E-state index < -0.39 is 11.9 Å². The van der Waals surface area contributed by atoms with Gasteiger partial charge in [-0.1, -0.05) is 30.3 Å². The number of hydrogen-bond acceptors (Lipinski definition) is 5. The topological polar surface area (TPSA) is 87.2 Å². The standard InChI is InChI=1S/C18H19N3O3S/c1-11(16(19)22)21-15(8-9-24-2)20-17-13(18(21)23)10-14(25-17)12-6-4-3-5-7-12/h3-7,10-11H,8-9H2,1-2H3,(H2,19,22). The molecule has 0 bridgehead atoms. The Morgan fingerprint density at radius 3 is 2.72 bits per heavy atom. The summed E-state index contributed by atoms with van der Waals surface area (Å²) in [7, 11) is 1.58. The van der Waals surface area contributed by atoms with E-state index in [0.29, 0.717) is 29.1 Å². The van der Waals surface area contributed by atoms with Crippen molar-refractivity contribution < 1.29 is 9.53 Å². The number of thiophene rings is 1. The van der Waals surface area contributed by atoms with Gasteiger partial charge in [-0.2, -0.15) is 0 Å². The smallest absolute Gasteiger partial charge is 0.263 e. The average molecular weight is 357 g/mol. The molecule has 2 N–H and O–H groups in total. The quantitative estimate of drug-likeness (QED) is 0.734. The van der Waals surface area contributed by atoms with Crippen molar-refractivity contribution >= 4 is 27.5 Å². The van der Waals surface area contributed by atoms with Gasteiger partial charge in [0.25, 0.3) is 5.56 Å². The molecule has 7 heteroatoms. The molecule has 0 aliphatic rings. The van der Waals surface area contributed by atoms with Crippen LogP contribution in [-0.4, -0.2) is 29.2 Å². The van der Waals surface area contributed by atoms with Gasteiger partial charge >= 0.3 is 0 Å². The number of carbonyl (C=O) groups excluding carboxylic acids is 1. The van der Waals surface area contributed by atoms with E-state index in [1.54, 1.807) is 14.0 Å². The number of amides is 1. The first kappa shape index (κ1) is 17.3. The third kappa shape index (κ3) is 3.33. The van der Waals surface area contributed by atoms with E-state index in [1.807, 2.05) is 36.4 Å². The number of nitrogens with zero attached hydrogens (tertiary/aromatic N) is 2. The molecule has 6 nitrogen and oxygen atoms in total. The van der Waals surface area contributed by atoms with Gasteiger partial charge in [0.1, 0.15) is 16.7 Å².